The molecule has 0 aliphatic rings. The first-order valence-electron chi connectivity index (χ1n) is 1.80. The van der Waals surface area contributed by atoms with E-state index in [2.05, 4.69) is 15.9 Å². The highest BCUT2D eigenvalue weighted by Crippen LogP contribution is 2.09. The second-order valence-corrected chi connectivity index (χ2v) is 1.56. The Bertz CT molecular complexity index is 144. The van der Waals surface area contributed by atoms with Crippen LogP contribution >= 0.6 is 11.6 Å². The maximum Gasteiger partial charge on any atom is 0.225 e. The Balaban J connectivity index is 3.12. The van der Waals surface area contributed by atoms with Crippen molar-refractivity contribution >= 4 is 11.6 Å². The normalized spacial score (nSPS) is 9.43. The van der Waals surface area contributed by atoms with Crippen LogP contribution in [0.25, 0.3) is 0 Å². The Kier molecular flexibility index (Phi) is 1.02. The molecule has 0 spiro atoms. The summed E-state index contributed by atoms with van der Waals surface area (Å²) in [5, 5.41) is 3.91. The van der Waals surface area contributed by atoms with Crippen LogP contribution in [0.2, 0.25) is 5.02 Å². The van der Waals surface area contributed by atoms with E-state index in [1.807, 2.05) is 0 Å². The average molecular weight is 117 g/mol. The molecule has 1 aromatic rings. The predicted octanol–water partition coefficient (Wildman–Crippen LogP) is 1.44. The van der Waals surface area contributed by atoms with Crippen LogP contribution in [0.5, 0.6) is 0 Å². The number of hydrogen-bond acceptors (Lipinski definition) is 2. The Morgan fingerprint density at radius 2 is 2.57 bits per heavy atom. The SMILES string of the molecule is Cc1no[c]c1Cl. The summed E-state index contributed by atoms with van der Waals surface area (Å²) in [5.74, 6) is 0. The van der Waals surface area contributed by atoms with E-state index in [1.54, 1.807) is 6.92 Å². The van der Waals surface area contributed by atoms with Gasteiger partial charge in [0.2, 0.25) is 6.26 Å². The topological polar surface area (TPSA) is 26.0 Å². The molecule has 7 heavy (non-hydrogen) atoms. The number of hydrogen-bond donors (Lipinski definition) is 0. The molecule has 0 fully saturated rings. The van der Waals surface area contributed by atoms with E-state index in [0.29, 0.717) is 10.7 Å². The molecule has 3 heteroatoms. The molecule has 0 aromatic carbocycles. The highest BCUT2D eigenvalue weighted by molar-refractivity contribution is 6.30. The van der Waals surface area contributed by atoms with Crippen molar-refractivity contribution in [2.75, 3.05) is 0 Å². The summed E-state index contributed by atoms with van der Waals surface area (Å²) >= 11 is 5.41. The fraction of sp³-hybridized carbons (Fsp3) is 0.250. The second-order valence-electron chi connectivity index (χ2n) is 1.18. The summed E-state index contributed by atoms with van der Waals surface area (Å²) in [4.78, 5) is 0. The summed E-state index contributed by atoms with van der Waals surface area (Å²) in [6.07, 6.45) is 2.35. The maximum atomic E-state index is 5.41. The average Bonchev–Trinajstić information content (AvgIpc) is 1.91. The van der Waals surface area contributed by atoms with Crippen molar-refractivity contribution in [3.8, 4) is 0 Å². The zero-order chi connectivity index (χ0) is 5.28. The lowest BCUT2D eigenvalue weighted by molar-refractivity contribution is 0.408. The molecular formula is C4H3ClNO. The van der Waals surface area contributed by atoms with Crippen molar-refractivity contribution in [1.82, 2.24) is 5.16 Å². The highest BCUT2D eigenvalue weighted by atomic mass is 35.5. The standard InChI is InChI=1S/C4H3ClNO/c1-3-4(5)2-7-6-3/h1H3. The van der Waals surface area contributed by atoms with Gasteiger partial charge in [0.25, 0.3) is 0 Å². The number of aryl methyl sites for hydroxylation is 1. The highest BCUT2D eigenvalue weighted by Gasteiger charge is 1.95. The Labute approximate surface area is 46.1 Å². The third-order valence-electron chi connectivity index (χ3n) is 0.635. The smallest absolute Gasteiger partial charge is 0.225 e. The molecule has 37 valence electrons. The first-order valence-corrected chi connectivity index (χ1v) is 2.18. The van der Waals surface area contributed by atoms with Crippen LogP contribution in [0.1, 0.15) is 5.69 Å². The fourth-order valence-electron chi connectivity index (χ4n) is 0.245. The molecule has 0 aliphatic carbocycles. The second kappa shape index (κ2) is 1.54. The minimum Gasteiger partial charge on any atom is -0.351 e. The summed E-state index contributed by atoms with van der Waals surface area (Å²) in [7, 11) is 0. The summed E-state index contributed by atoms with van der Waals surface area (Å²) in [6.45, 7) is 1.75. The van der Waals surface area contributed by atoms with Crippen LogP contribution in [0.4, 0.5) is 0 Å². The number of rotatable bonds is 0. The van der Waals surface area contributed by atoms with E-state index in [1.165, 1.54) is 0 Å². The van der Waals surface area contributed by atoms with E-state index in [0.717, 1.165) is 0 Å². The first-order chi connectivity index (χ1) is 3.30. The van der Waals surface area contributed by atoms with Crippen LogP contribution in [-0.4, -0.2) is 5.16 Å². The van der Waals surface area contributed by atoms with Crippen molar-refractivity contribution in [3.63, 3.8) is 0 Å². The Hall–Kier alpha value is -0.500. The van der Waals surface area contributed by atoms with Gasteiger partial charge in [-0.2, -0.15) is 0 Å². The number of nitrogens with zero attached hydrogens (tertiary/aromatic N) is 1. The molecule has 0 bridgehead atoms. The van der Waals surface area contributed by atoms with Crippen molar-refractivity contribution in [2.24, 2.45) is 0 Å². The van der Waals surface area contributed by atoms with Gasteiger partial charge < -0.3 is 4.52 Å². The summed E-state index contributed by atoms with van der Waals surface area (Å²) in [5.41, 5.74) is 0.682. The van der Waals surface area contributed by atoms with Gasteiger partial charge in [-0.15, -0.1) is 0 Å². The molecule has 0 aliphatic heterocycles. The van der Waals surface area contributed by atoms with Gasteiger partial charge >= 0.3 is 0 Å². The molecule has 1 radical (unpaired) electrons. The lowest BCUT2D eigenvalue weighted by Gasteiger charge is -1.70. The van der Waals surface area contributed by atoms with E-state index in [-0.39, 0.29) is 0 Å². The molecule has 0 N–H and O–H groups in total. The van der Waals surface area contributed by atoms with Crippen LogP contribution < -0.4 is 0 Å². The Morgan fingerprint density at radius 1 is 1.86 bits per heavy atom. The lowest BCUT2D eigenvalue weighted by atomic mass is 10.5. The quantitative estimate of drug-likeness (QED) is 0.513. The van der Waals surface area contributed by atoms with Gasteiger partial charge in [0.15, 0.2) is 0 Å². The molecule has 0 saturated heterocycles. The molecule has 0 amide bonds. The van der Waals surface area contributed by atoms with Crippen molar-refractivity contribution in [2.45, 2.75) is 6.92 Å². The minimum absolute atomic E-state index is 0.458. The largest absolute Gasteiger partial charge is 0.351 e. The fourth-order valence-corrected chi connectivity index (χ4v) is 0.314. The van der Waals surface area contributed by atoms with Gasteiger partial charge in [-0.05, 0) is 6.92 Å². The molecule has 2 nitrogen and oxygen atoms in total. The van der Waals surface area contributed by atoms with Gasteiger partial charge in [-0.1, -0.05) is 16.8 Å². The van der Waals surface area contributed by atoms with Gasteiger partial charge in [0.05, 0.1) is 5.69 Å². The molecule has 0 saturated carbocycles. The number of halogens is 1. The molecule has 1 heterocycles. The predicted molar refractivity (Wildman–Crippen MR) is 25.1 cm³/mol. The van der Waals surface area contributed by atoms with Crippen molar-refractivity contribution in [3.05, 3.63) is 17.0 Å². The van der Waals surface area contributed by atoms with Crippen molar-refractivity contribution in [1.29, 1.82) is 0 Å². The van der Waals surface area contributed by atoms with Crippen LogP contribution in [0, 0.1) is 13.2 Å². The minimum atomic E-state index is 0.458. The number of aromatic nitrogens is 1. The van der Waals surface area contributed by atoms with Gasteiger partial charge in [0, 0.05) is 0 Å². The van der Waals surface area contributed by atoms with Gasteiger partial charge in [-0.3, -0.25) is 0 Å². The van der Waals surface area contributed by atoms with E-state index in [9.17, 15) is 0 Å². The Morgan fingerprint density at radius 3 is 2.71 bits per heavy atom. The molecular weight excluding hydrogens is 114 g/mol. The third-order valence-corrected chi connectivity index (χ3v) is 0.986. The zero-order valence-corrected chi connectivity index (χ0v) is 4.49. The summed E-state index contributed by atoms with van der Waals surface area (Å²) < 4.78 is 4.34. The van der Waals surface area contributed by atoms with Crippen molar-refractivity contribution < 1.29 is 4.52 Å². The maximum absolute atomic E-state index is 5.41. The van der Waals surface area contributed by atoms with Gasteiger partial charge in [-0.25, -0.2) is 0 Å². The van der Waals surface area contributed by atoms with Crippen LogP contribution in [-0.2, 0) is 0 Å². The zero-order valence-electron chi connectivity index (χ0n) is 3.73. The van der Waals surface area contributed by atoms with Gasteiger partial charge in [0.1, 0.15) is 5.02 Å². The molecule has 0 atom stereocenters. The first kappa shape index (κ1) is 4.65. The van der Waals surface area contributed by atoms with Crippen LogP contribution in [0.3, 0.4) is 0 Å². The lowest BCUT2D eigenvalue weighted by Crippen LogP contribution is -1.64. The molecule has 1 rings (SSSR count). The molecule has 1 aromatic heterocycles. The monoisotopic (exact) mass is 116 g/mol. The van der Waals surface area contributed by atoms with Crippen LogP contribution in [0.15, 0.2) is 4.52 Å². The van der Waals surface area contributed by atoms with E-state index < -0.39 is 0 Å². The van der Waals surface area contributed by atoms with E-state index >= 15 is 0 Å². The molecule has 0 unspecified atom stereocenters. The third kappa shape index (κ3) is 0.747. The van der Waals surface area contributed by atoms with E-state index in [4.69, 9.17) is 11.6 Å². The summed E-state index contributed by atoms with van der Waals surface area (Å²) in [6, 6.07) is 0.